The largest absolute Gasteiger partial charge is 0.368 e. The molecule has 5 nitrogen and oxygen atoms in total. The van der Waals surface area contributed by atoms with Gasteiger partial charge in [-0.2, -0.15) is 0 Å². The lowest BCUT2D eigenvalue weighted by atomic mass is 10.1. The number of hydrogen-bond acceptors (Lipinski definition) is 4. The third kappa shape index (κ3) is 2.21. The van der Waals surface area contributed by atoms with Gasteiger partial charge in [0, 0.05) is 43.5 Å². The third-order valence-corrected chi connectivity index (χ3v) is 5.03. The van der Waals surface area contributed by atoms with E-state index >= 15 is 0 Å². The molecule has 1 saturated heterocycles. The first-order valence-corrected chi connectivity index (χ1v) is 7.54. The van der Waals surface area contributed by atoms with Gasteiger partial charge in [0.1, 0.15) is 6.04 Å². The number of benzene rings is 1. The van der Waals surface area contributed by atoms with Crippen molar-refractivity contribution < 1.29 is 4.79 Å². The summed E-state index contributed by atoms with van der Waals surface area (Å²) in [4.78, 5) is 18.5. The summed E-state index contributed by atoms with van der Waals surface area (Å²) in [7, 11) is 3.98. The molecule has 1 aromatic carbocycles. The Balaban J connectivity index is 1.90. The number of carbonyl (C=O) groups is 1. The molecule has 2 heterocycles. The Hall–Kier alpha value is -1.59. The summed E-state index contributed by atoms with van der Waals surface area (Å²) in [5.41, 5.74) is 9.02. The van der Waals surface area contributed by atoms with Crippen LogP contribution in [-0.2, 0) is 4.79 Å². The fraction of sp³-hybridized carbons (Fsp3) is 0.562. The van der Waals surface area contributed by atoms with Crippen LogP contribution in [0.15, 0.2) is 18.2 Å². The Morgan fingerprint density at radius 3 is 2.38 bits per heavy atom. The summed E-state index contributed by atoms with van der Waals surface area (Å²) in [6.45, 7) is 6.51. The van der Waals surface area contributed by atoms with E-state index < -0.39 is 6.04 Å². The van der Waals surface area contributed by atoms with Gasteiger partial charge < -0.3 is 15.5 Å². The van der Waals surface area contributed by atoms with E-state index in [1.807, 2.05) is 6.07 Å². The second kappa shape index (κ2) is 5.00. The standard InChI is InChI=1S/C16H24N4O/c1-10-8-20(9-11(2)18(10)3)12-5-6-13-14(7-12)19(4)16(21)15(13)17/h5-7,10-11,15H,8-9,17H2,1-4H3. The van der Waals surface area contributed by atoms with E-state index in [0.717, 1.165) is 24.3 Å². The average Bonchev–Trinajstić information content (AvgIpc) is 2.69. The summed E-state index contributed by atoms with van der Waals surface area (Å²) in [5, 5.41) is 0. The van der Waals surface area contributed by atoms with Crippen molar-refractivity contribution >= 4 is 17.3 Å². The Morgan fingerprint density at radius 1 is 1.14 bits per heavy atom. The minimum absolute atomic E-state index is 0.0257. The number of likely N-dealkylation sites (N-methyl/N-ethyl adjacent to an activating group) is 2. The highest BCUT2D eigenvalue weighted by atomic mass is 16.2. The lowest BCUT2D eigenvalue weighted by molar-refractivity contribution is -0.118. The van der Waals surface area contributed by atoms with Crippen molar-refractivity contribution in [3.63, 3.8) is 0 Å². The molecule has 2 aliphatic rings. The van der Waals surface area contributed by atoms with Gasteiger partial charge in [-0.25, -0.2) is 0 Å². The molecule has 0 spiro atoms. The number of amides is 1. The van der Waals surface area contributed by atoms with Crippen molar-refractivity contribution in [2.75, 3.05) is 37.0 Å². The van der Waals surface area contributed by atoms with Crippen LogP contribution in [0.25, 0.3) is 0 Å². The van der Waals surface area contributed by atoms with Crippen LogP contribution in [0.2, 0.25) is 0 Å². The Kier molecular flexibility index (Phi) is 3.42. The molecule has 114 valence electrons. The van der Waals surface area contributed by atoms with E-state index in [0.29, 0.717) is 12.1 Å². The normalized spacial score (nSPS) is 30.0. The van der Waals surface area contributed by atoms with Crippen LogP contribution in [0.5, 0.6) is 0 Å². The zero-order valence-electron chi connectivity index (χ0n) is 13.2. The smallest absolute Gasteiger partial charge is 0.248 e. The number of fused-ring (bicyclic) bond motifs is 1. The maximum atomic E-state index is 12.0. The Bertz CT molecular complexity index is 561. The number of rotatable bonds is 1. The van der Waals surface area contributed by atoms with Crippen LogP contribution in [0.3, 0.4) is 0 Å². The van der Waals surface area contributed by atoms with Crippen molar-refractivity contribution in [3.8, 4) is 0 Å². The second-order valence-corrected chi connectivity index (χ2v) is 6.39. The van der Waals surface area contributed by atoms with Crippen LogP contribution >= 0.6 is 0 Å². The molecule has 3 unspecified atom stereocenters. The lowest BCUT2D eigenvalue weighted by Crippen LogP contribution is -2.55. The van der Waals surface area contributed by atoms with Crippen molar-refractivity contribution in [1.29, 1.82) is 0 Å². The van der Waals surface area contributed by atoms with Gasteiger partial charge in [-0.3, -0.25) is 9.69 Å². The summed E-state index contributed by atoms with van der Waals surface area (Å²) in [5.74, 6) is -0.0257. The van der Waals surface area contributed by atoms with Gasteiger partial charge in [-0.05, 0) is 33.0 Å². The van der Waals surface area contributed by atoms with Gasteiger partial charge in [0.25, 0.3) is 0 Å². The molecule has 3 atom stereocenters. The molecule has 1 amide bonds. The summed E-state index contributed by atoms with van der Waals surface area (Å²) < 4.78 is 0. The molecular formula is C16H24N4O. The average molecular weight is 288 g/mol. The molecule has 0 aromatic heterocycles. The predicted octanol–water partition coefficient (Wildman–Crippen LogP) is 1.19. The molecule has 5 heteroatoms. The zero-order chi connectivity index (χ0) is 15.3. The van der Waals surface area contributed by atoms with Gasteiger partial charge in [0.05, 0.1) is 5.69 Å². The van der Waals surface area contributed by atoms with Gasteiger partial charge in [0.15, 0.2) is 0 Å². The number of nitrogens with zero attached hydrogens (tertiary/aromatic N) is 3. The van der Waals surface area contributed by atoms with Crippen LogP contribution in [0.1, 0.15) is 25.5 Å². The highest BCUT2D eigenvalue weighted by molar-refractivity contribution is 6.04. The molecule has 0 radical (unpaired) electrons. The molecule has 3 rings (SSSR count). The van der Waals surface area contributed by atoms with Crippen molar-refractivity contribution in [2.24, 2.45) is 5.73 Å². The first kappa shape index (κ1) is 14.4. The molecule has 1 aromatic rings. The predicted molar refractivity (Wildman–Crippen MR) is 85.7 cm³/mol. The highest BCUT2D eigenvalue weighted by Gasteiger charge is 2.33. The monoisotopic (exact) mass is 288 g/mol. The summed E-state index contributed by atoms with van der Waals surface area (Å²) >= 11 is 0. The maximum absolute atomic E-state index is 12.0. The van der Waals surface area contributed by atoms with Crippen molar-refractivity contribution in [3.05, 3.63) is 23.8 Å². The number of piperazine rings is 1. The Labute approximate surface area is 126 Å². The molecule has 0 aliphatic carbocycles. The maximum Gasteiger partial charge on any atom is 0.248 e. The summed E-state index contributed by atoms with van der Waals surface area (Å²) in [6.07, 6.45) is 0. The van der Waals surface area contributed by atoms with E-state index in [1.54, 1.807) is 11.9 Å². The van der Waals surface area contributed by atoms with Crippen LogP contribution < -0.4 is 15.5 Å². The van der Waals surface area contributed by atoms with E-state index in [4.69, 9.17) is 5.73 Å². The van der Waals surface area contributed by atoms with E-state index in [2.05, 4.69) is 42.8 Å². The minimum atomic E-state index is -0.510. The Morgan fingerprint density at radius 2 is 1.76 bits per heavy atom. The first-order valence-electron chi connectivity index (χ1n) is 7.54. The first-order chi connectivity index (χ1) is 9.90. The van der Waals surface area contributed by atoms with E-state index in [1.165, 1.54) is 5.69 Å². The highest BCUT2D eigenvalue weighted by Crippen LogP contribution is 2.36. The topological polar surface area (TPSA) is 52.8 Å². The molecule has 0 saturated carbocycles. The molecule has 2 aliphatic heterocycles. The molecule has 1 fully saturated rings. The quantitative estimate of drug-likeness (QED) is 0.843. The van der Waals surface area contributed by atoms with Gasteiger partial charge in [0.2, 0.25) is 5.91 Å². The van der Waals surface area contributed by atoms with E-state index in [-0.39, 0.29) is 5.91 Å². The van der Waals surface area contributed by atoms with Crippen molar-refractivity contribution in [2.45, 2.75) is 32.0 Å². The lowest BCUT2D eigenvalue weighted by Gasteiger charge is -2.43. The second-order valence-electron chi connectivity index (χ2n) is 6.39. The molecular weight excluding hydrogens is 264 g/mol. The minimum Gasteiger partial charge on any atom is -0.368 e. The fourth-order valence-electron chi connectivity index (χ4n) is 3.36. The number of carbonyl (C=O) groups excluding carboxylic acids is 1. The van der Waals surface area contributed by atoms with Crippen LogP contribution in [0.4, 0.5) is 11.4 Å². The number of hydrogen-bond donors (Lipinski definition) is 1. The van der Waals surface area contributed by atoms with Crippen LogP contribution in [0, 0.1) is 0 Å². The van der Waals surface area contributed by atoms with E-state index in [9.17, 15) is 4.79 Å². The summed E-state index contributed by atoms with van der Waals surface area (Å²) in [6, 6.07) is 6.72. The zero-order valence-corrected chi connectivity index (χ0v) is 13.2. The van der Waals surface area contributed by atoms with Crippen LogP contribution in [-0.4, -0.2) is 50.1 Å². The fourth-order valence-corrected chi connectivity index (χ4v) is 3.36. The van der Waals surface area contributed by atoms with Gasteiger partial charge in [-0.15, -0.1) is 0 Å². The molecule has 2 N–H and O–H groups in total. The van der Waals surface area contributed by atoms with Crippen molar-refractivity contribution in [1.82, 2.24) is 4.90 Å². The third-order valence-electron chi connectivity index (χ3n) is 5.03. The molecule has 21 heavy (non-hydrogen) atoms. The van der Waals surface area contributed by atoms with Gasteiger partial charge in [-0.1, -0.05) is 6.07 Å². The number of nitrogens with two attached hydrogens (primary N) is 1. The SMILES string of the molecule is CC1CN(c2ccc3c(c2)N(C)C(=O)C3N)CC(C)N1C. The van der Waals surface area contributed by atoms with Gasteiger partial charge >= 0.3 is 0 Å². The molecule has 0 bridgehead atoms. The number of anilines is 2.